The minimum atomic E-state index is 0.647. The summed E-state index contributed by atoms with van der Waals surface area (Å²) in [6.07, 6.45) is 0.848. The van der Waals surface area contributed by atoms with Crippen LogP contribution in [0.4, 0.5) is 0 Å². The van der Waals surface area contributed by atoms with Crippen molar-refractivity contribution in [3.63, 3.8) is 0 Å². The minimum absolute atomic E-state index is 0.647. The molecule has 2 aromatic rings. The lowest BCUT2D eigenvalue weighted by Crippen LogP contribution is -2.01. The number of hydrogen-bond acceptors (Lipinski definition) is 4. The van der Waals surface area contributed by atoms with Crippen molar-refractivity contribution >= 4 is 11.3 Å². The predicted molar refractivity (Wildman–Crippen MR) is 76.3 cm³/mol. The molecule has 4 heteroatoms. The van der Waals surface area contributed by atoms with Crippen molar-refractivity contribution in [3.05, 3.63) is 33.6 Å². The van der Waals surface area contributed by atoms with E-state index in [9.17, 15) is 0 Å². The highest BCUT2D eigenvalue weighted by Gasteiger charge is 2.10. The summed E-state index contributed by atoms with van der Waals surface area (Å²) in [4.78, 5) is 5.90. The highest BCUT2D eigenvalue weighted by atomic mass is 32.1. The van der Waals surface area contributed by atoms with Gasteiger partial charge in [-0.15, -0.1) is 11.3 Å². The molecule has 3 nitrogen and oxygen atoms in total. The van der Waals surface area contributed by atoms with Crippen molar-refractivity contribution in [3.8, 4) is 17.0 Å². The third-order valence-electron chi connectivity index (χ3n) is 2.87. The van der Waals surface area contributed by atoms with E-state index in [1.54, 1.807) is 18.4 Å². The molecule has 0 saturated carbocycles. The molecule has 0 unspecified atom stereocenters. The van der Waals surface area contributed by atoms with Gasteiger partial charge in [0.25, 0.3) is 0 Å². The van der Waals surface area contributed by atoms with E-state index < -0.39 is 0 Å². The van der Waals surface area contributed by atoms with Crippen molar-refractivity contribution in [2.45, 2.75) is 20.3 Å². The van der Waals surface area contributed by atoms with E-state index in [-0.39, 0.29) is 0 Å². The fourth-order valence-electron chi connectivity index (χ4n) is 1.98. The van der Waals surface area contributed by atoms with E-state index in [0.717, 1.165) is 34.0 Å². The highest BCUT2D eigenvalue weighted by molar-refractivity contribution is 7.12. The topological polar surface area (TPSA) is 48.1 Å². The summed E-state index contributed by atoms with van der Waals surface area (Å²) in [6.45, 7) is 4.80. The first-order chi connectivity index (χ1) is 8.65. The number of aromatic nitrogens is 1. The summed E-state index contributed by atoms with van der Waals surface area (Å²) in [7, 11) is 1.69. The largest absolute Gasteiger partial charge is 0.496 e. The molecule has 2 rings (SSSR count). The molecule has 0 aliphatic heterocycles. The number of hydrogen-bond donors (Lipinski definition) is 1. The number of methoxy groups -OCH3 is 1. The van der Waals surface area contributed by atoms with Crippen LogP contribution >= 0.6 is 11.3 Å². The first kappa shape index (κ1) is 13.1. The number of thiazole rings is 1. The Kier molecular flexibility index (Phi) is 3.99. The monoisotopic (exact) mass is 262 g/mol. The zero-order valence-electron chi connectivity index (χ0n) is 11.0. The molecule has 0 aliphatic rings. The number of nitrogens with two attached hydrogens (primary N) is 1. The summed E-state index contributed by atoms with van der Waals surface area (Å²) < 4.78 is 5.28. The number of rotatable bonds is 4. The van der Waals surface area contributed by atoms with E-state index in [2.05, 4.69) is 24.0 Å². The fraction of sp³-hybridized carbons (Fsp3) is 0.357. The lowest BCUT2D eigenvalue weighted by molar-refractivity contribution is 0.412. The van der Waals surface area contributed by atoms with Gasteiger partial charge in [0.15, 0.2) is 0 Å². The molecule has 0 radical (unpaired) electrons. The molecule has 18 heavy (non-hydrogen) atoms. The van der Waals surface area contributed by atoms with Gasteiger partial charge in [0.05, 0.1) is 17.8 Å². The third-order valence-corrected chi connectivity index (χ3v) is 3.90. The maximum Gasteiger partial charge on any atom is 0.121 e. The van der Waals surface area contributed by atoms with Gasteiger partial charge in [-0.1, -0.05) is 0 Å². The number of aryl methyl sites for hydroxylation is 2. The van der Waals surface area contributed by atoms with Crippen molar-refractivity contribution in [1.82, 2.24) is 4.98 Å². The molecule has 0 fully saturated rings. The number of nitrogens with zero attached hydrogens (tertiary/aromatic N) is 1. The van der Waals surface area contributed by atoms with Crippen LogP contribution < -0.4 is 10.5 Å². The first-order valence-corrected chi connectivity index (χ1v) is 6.78. The lowest BCUT2D eigenvalue weighted by Gasteiger charge is -2.06. The quantitative estimate of drug-likeness (QED) is 0.921. The van der Waals surface area contributed by atoms with Crippen LogP contribution in [0.15, 0.2) is 18.2 Å². The van der Waals surface area contributed by atoms with Gasteiger partial charge < -0.3 is 10.5 Å². The molecule has 0 spiro atoms. The van der Waals surface area contributed by atoms with E-state index in [4.69, 9.17) is 10.5 Å². The van der Waals surface area contributed by atoms with E-state index in [1.807, 2.05) is 13.0 Å². The Morgan fingerprint density at radius 1 is 1.33 bits per heavy atom. The average Bonchev–Trinajstić information content (AvgIpc) is 2.71. The summed E-state index contributed by atoms with van der Waals surface area (Å²) in [5.41, 5.74) is 8.91. The molecule has 0 atom stereocenters. The number of benzene rings is 1. The molecule has 96 valence electrons. The van der Waals surface area contributed by atoms with Crippen molar-refractivity contribution in [1.29, 1.82) is 0 Å². The van der Waals surface area contributed by atoms with E-state index in [0.29, 0.717) is 6.54 Å². The van der Waals surface area contributed by atoms with Gasteiger partial charge in [-0.25, -0.2) is 4.98 Å². The first-order valence-electron chi connectivity index (χ1n) is 5.97. The molecule has 1 aromatic carbocycles. The highest BCUT2D eigenvalue weighted by Crippen LogP contribution is 2.30. The molecule has 0 saturated heterocycles. The summed E-state index contributed by atoms with van der Waals surface area (Å²) in [5, 5.41) is 1.11. The molecule has 1 aromatic heterocycles. The van der Waals surface area contributed by atoms with Crippen LogP contribution in [0.1, 0.15) is 15.4 Å². The second kappa shape index (κ2) is 5.50. The Labute approximate surface area is 112 Å². The van der Waals surface area contributed by atoms with Crippen LogP contribution in [-0.4, -0.2) is 18.6 Å². The molecule has 1 heterocycles. The average molecular weight is 262 g/mol. The van der Waals surface area contributed by atoms with Crippen molar-refractivity contribution < 1.29 is 4.74 Å². The summed E-state index contributed by atoms with van der Waals surface area (Å²) >= 11 is 1.73. The van der Waals surface area contributed by atoms with Crippen LogP contribution in [0, 0.1) is 13.8 Å². The molecule has 0 amide bonds. The van der Waals surface area contributed by atoms with Gasteiger partial charge in [-0.3, -0.25) is 0 Å². The fourth-order valence-corrected chi connectivity index (χ4v) is 2.95. The van der Waals surface area contributed by atoms with Crippen LogP contribution in [0.5, 0.6) is 5.75 Å². The second-order valence-corrected chi connectivity index (χ2v) is 5.52. The Balaban J connectivity index is 2.39. The van der Waals surface area contributed by atoms with Gasteiger partial charge in [0.1, 0.15) is 5.75 Å². The van der Waals surface area contributed by atoms with Gasteiger partial charge in [0, 0.05) is 16.9 Å². The Morgan fingerprint density at radius 2 is 2.11 bits per heavy atom. The second-order valence-electron chi connectivity index (χ2n) is 4.24. The lowest BCUT2D eigenvalue weighted by atomic mass is 10.1. The molecule has 2 N–H and O–H groups in total. The standard InChI is InChI=1S/C14H18N2OS/c1-9-8-11(4-5-12(9)17-3)14-10(2)18-13(16-14)6-7-15/h4-5,8H,6-7,15H2,1-3H3. The van der Waals surface area contributed by atoms with Crippen molar-refractivity contribution in [2.75, 3.05) is 13.7 Å². The van der Waals surface area contributed by atoms with Gasteiger partial charge in [-0.05, 0) is 44.2 Å². The van der Waals surface area contributed by atoms with Crippen LogP contribution in [0.25, 0.3) is 11.3 Å². The van der Waals surface area contributed by atoms with Crippen molar-refractivity contribution in [2.24, 2.45) is 5.73 Å². The Morgan fingerprint density at radius 3 is 2.72 bits per heavy atom. The van der Waals surface area contributed by atoms with Crippen LogP contribution in [0.3, 0.4) is 0 Å². The molecular formula is C14H18N2OS. The number of ether oxygens (including phenoxy) is 1. The SMILES string of the molecule is COc1ccc(-c2nc(CCN)sc2C)cc1C. The summed E-state index contributed by atoms with van der Waals surface area (Å²) in [6, 6.07) is 6.17. The van der Waals surface area contributed by atoms with Gasteiger partial charge in [-0.2, -0.15) is 0 Å². The predicted octanol–water partition coefficient (Wildman–Crippen LogP) is 2.94. The minimum Gasteiger partial charge on any atom is -0.496 e. The Bertz CT molecular complexity index is 549. The molecule has 0 aliphatic carbocycles. The van der Waals surface area contributed by atoms with E-state index >= 15 is 0 Å². The smallest absolute Gasteiger partial charge is 0.121 e. The zero-order valence-corrected chi connectivity index (χ0v) is 11.8. The van der Waals surface area contributed by atoms with E-state index in [1.165, 1.54) is 4.88 Å². The third kappa shape index (κ3) is 2.54. The zero-order chi connectivity index (χ0) is 13.1. The molecular weight excluding hydrogens is 244 g/mol. The maximum atomic E-state index is 5.57. The normalized spacial score (nSPS) is 10.7. The molecule has 0 bridgehead atoms. The maximum absolute atomic E-state index is 5.57. The van der Waals surface area contributed by atoms with Gasteiger partial charge >= 0.3 is 0 Å². The van der Waals surface area contributed by atoms with Crippen LogP contribution in [-0.2, 0) is 6.42 Å². The Hall–Kier alpha value is -1.39. The van der Waals surface area contributed by atoms with Crippen LogP contribution in [0.2, 0.25) is 0 Å². The van der Waals surface area contributed by atoms with Gasteiger partial charge in [0.2, 0.25) is 0 Å². The summed E-state index contributed by atoms with van der Waals surface area (Å²) in [5.74, 6) is 0.911.